The van der Waals surface area contributed by atoms with E-state index in [0.717, 1.165) is 23.5 Å². The van der Waals surface area contributed by atoms with Crippen LogP contribution in [-0.2, 0) is 6.54 Å². The summed E-state index contributed by atoms with van der Waals surface area (Å²) in [6.07, 6.45) is -1.57. The number of halogens is 3. The maximum atomic E-state index is 12.7. The van der Waals surface area contributed by atoms with Gasteiger partial charge in [-0.25, -0.2) is 0 Å². The molecule has 0 unspecified atom stereocenters. The van der Waals surface area contributed by atoms with E-state index in [9.17, 15) is 13.2 Å². The van der Waals surface area contributed by atoms with Gasteiger partial charge in [0.05, 0.1) is 19.1 Å². The maximum absolute atomic E-state index is 12.7. The van der Waals surface area contributed by atoms with Crippen LogP contribution in [0.15, 0.2) is 18.2 Å². The molecular weight excluding hydrogens is 307 g/mol. The third kappa shape index (κ3) is 4.31. The van der Waals surface area contributed by atoms with E-state index in [2.05, 4.69) is 5.32 Å². The van der Waals surface area contributed by atoms with Crippen LogP contribution in [0.5, 0.6) is 11.5 Å². The summed E-state index contributed by atoms with van der Waals surface area (Å²) >= 11 is 0. The lowest BCUT2D eigenvalue weighted by Gasteiger charge is -2.30. The minimum Gasteiger partial charge on any atom is -0.490 e. The molecule has 23 heavy (non-hydrogen) atoms. The largest absolute Gasteiger partial charge is 0.490 e. The zero-order valence-corrected chi connectivity index (χ0v) is 13.0. The number of ether oxygens (including phenoxy) is 2. The van der Waals surface area contributed by atoms with Crippen LogP contribution in [0.3, 0.4) is 0 Å². The van der Waals surface area contributed by atoms with Gasteiger partial charge in [0.15, 0.2) is 11.5 Å². The molecule has 0 aromatic heterocycles. The molecule has 128 valence electrons. The molecule has 1 saturated carbocycles. The van der Waals surface area contributed by atoms with Crippen molar-refractivity contribution in [2.45, 2.75) is 50.9 Å². The number of benzene rings is 1. The fraction of sp³-hybridized carbons (Fsp3) is 0.647. The van der Waals surface area contributed by atoms with E-state index < -0.39 is 12.1 Å². The van der Waals surface area contributed by atoms with Gasteiger partial charge in [0.2, 0.25) is 0 Å². The van der Waals surface area contributed by atoms with Gasteiger partial charge in [-0.1, -0.05) is 6.07 Å². The summed E-state index contributed by atoms with van der Waals surface area (Å²) in [5, 5.41) is 3.37. The van der Waals surface area contributed by atoms with Gasteiger partial charge in [0, 0.05) is 19.0 Å². The lowest BCUT2D eigenvalue weighted by molar-refractivity contribution is -0.182. The minimum atomic E-state index is -4.04. The van der Waals surface area contributed by atoms with E-state index in [0.29, 0.717) is 32.6 Å². The topological polar surface area (TPSA) is 30.5 Å². The predicted octanol–water partition coefficient (Wildman–Crippen LogP) is 4.06. The van der Waals surface area contributed by atoms with Crippen molar-refractivity contribution < 1.29 is 22.6 Å². The van der Waals surface area contributed by atoms with Crippen molar-refractivity contribution in [2.24, 2.45) is 5.92 Å². The van der Waals surface area contributed by atoms with E-state index in [1.807, 2.05) is 18.2 Å². The van der Waals surface area contributed by atoms with Crippen LogP contribution < -0.4 is 14.8 Å². The average Bonchev–Trinajstić information content (AvgIpc) is 2.77. The molecule has 1 fully saturated rings. The molecule has 1 aromatic rings. The van der Waals surface area contributed by atoms with Crippen LogP contribution >= 0.6 is 0 Å². The summed E-state index contributed by atoms with van der Waals surface area (Å²) < 4.78 is 49.2. The van der Waals surface area contributed by atoms with Crippen molar-refractivity contribution in [1.82, 2.24) is 5.32 Å². The Balaban J connectivity index is 1.50. The van der Waals surface area contributed by atoms with Crippen molar-refractivity contribution in [3.05, 3.63) is 23.8 Å². The summed E-state index contributed by atoms with van der Waals surface area (Å²) in [5.74, 6) is 0.387. The fourth-order valence-electron chi connectivity index (χ4n) is 3.20. The number of fused-ring (bicyclic) bond motifs is 1. The molecule has 1 heterocycles. The molecular formula is C17H22F3NO2. The lowest BCUT2D eigenvalue weighted by atomic mass is 9.85. The number of nitrogens with one attached hydrogen (secondary N) is 1. The van der Waals surface area contributed by atoms with Crippen LogP contribution in [0.2, 0.25) is 0 Å². The zero-order chi connectivity index (χ0) is 16.3. The second-order valence-electron chi connectivity index (χ2n) is 6.30. The molecule has 0 spiro atoms. The molecule has 1 aliphatic heterocycles. The third-order valence-electron chi connectivity index (χ3n) is 4.60. The highest BCUT2D eigenvalue weighted by Gasteiger charge is 2.41. The summed E-state index contributed by atoms with van der Waals surface area (Å²) in [5.41, 5.74) is 1.06. The lowest BCUT2D eigenvalue weighted by Crippen LogP contribution is -2.36. The van der Waals surface area contributed by atoms with Gasteiger partial charge >= 0.3 is 6.18 Å². The Bertz CT molecular complexity index is 525. The summed E-state index contributed by atoms with van der Waals surface area (Å²) in [4.78, 5) is 0. The summed E-state index contributed by atoms with van der Waals surface area (Å²) in [6.45, 7) is 1.94. The molecule has 1 aliphatic carbocycles. The first kappa shape index (κ1) is 16.4. The Morgan fingerprint density at radius 2 is 1.70 bits per heavy atom. The number of alkyl halides is 3. The highest BCUT2D eigenvalue weighted by Crippen LogP contribution is 2.37. The monoisotopic (exact) mass is 329 g/mol. The van der Waals surface area contributed by atoms with Gasteiger partial charge in [0.25, 0.3) is 0 Å². The fourth-order valence-corrected chi connectivity index (χ4v) is 3.20. The molecule has 1 N–H and O–H groups in total. The first-order valence-corrected chi connectivity index (χ1v) is 8.21. The SMILES string of the molecule is FC(F)(F)C1CCC(NCc2ccc3c(c2)OCCCO3)CC1. The predicted molar refractivity (Wildman–Crippen MR) is 80.7 cm³/mol. The standard InChI is InChI=1S/C17H22F3NO2/c18-17(19,20)13-3-5-14(6-4-13)21-11-12-2-7-15-16(10-12)23-9-1-8-22-15/h2,7,10,13-14,21H,1,3-6,8-9,11H2. The smallest absolute Gasteiger partial charge is 0.391 e. The molecule has 0 atom stereocenters. The van der Waals surface area contributed by atoms with Gasteiger partial charge in [-0.3, -0.25) is 0 Å². The average molecular weight is 329 g/mol. The molecule has 0 saturated heterocycles. The van der Waals surface area contributed by atoms with Crippen molar-refractivity contribution in [3.8, 4) is 11.5 Å². The maximum Gasteiger partial charge on any atom is 0.391 e. The van der Waals surface area contributed by atoms with Crippen molar-refractivity contribution in [3.63, 3.8) is 0 Å². The quantitative estimate of drug-likeness (QED) is 0.907. The first-order valence-electron chi connectivity index (χ1n) is 8.21. The molecule has 6 heteroatoms. The third-order valence-corrected chi connectivity index (χ3v) is 4.60. The van der Waals surface area contributed by atoms with Crippen molar-refractivity contribution in [1.29, 1.82) is 0 Å². The molecule has 0 radical (unpaired) electrons. The Morgan fingerprint density at radius 1 is 1.00 bits per heavy atom. The van der Waals surface area contributed by atoms with Crippen LogP contribution in [0.25, 0.3) is 0 Å². The van der Waals surface area contributed by atoms with E-state index in [1.54, 1.807) is 0 Å². The van der Waals surface area contributed by atoms with Crippen molar-refractivity contribution >= 4 is 0 Å². The normalized spacial score (nSPS) is 25.0. The Kier molecular flexibility index (Phi) is 4.99. The summed E-state index contributed by atoms with van der Waals surface area (Å²) in [7, 11) is 0. The molecule has 2 aliphatic rings. The van der Waals surface area contributed by atoms with Crippen LogP contribution in [0, 0.1) is 5.92 Å². The van der Waals surface area contributed by atoms with Gasteiger partial charge in [-0.2, -0.15) is 13.2 Å². The Hall–Kier alpha value is -1.43. The number of rotatable bonds is 3. The molecule has 3 nitrogen and oxygen atoms in total. The van der Waals surface area contributed by atoms with Gasteiger partial charge in [-0.05, 0) is 43.4 Å². The van der Waals surface area contributed by atoms with E-state index in [4.69, 9.17) is 9.47 Å². The van der Waals surface area contributed by atoms with E-state index in [-0.39, 0.29) is 18.9 Å². The minimum absolute atomic E-state index is 0.157. The number of hydrogen-bond acceptors (Lipinski definition) is 3. The molecule has 0 amide bonds. The van der Waals surface area contributed by atoms with Crippen LogP contribution in [-0.4, -0.2) is 25.4 Å². The molecule has 3 rings (SSSR count). The molecule has 0 bridgehead atoms. The van der Waals surface area contributed by atoms with Gasteiger partial charge in [-0.15, -0.1) is 0 Å². The number of hydrogen-bond donors (Lipinski definition) is 1. The zero-order valence-electron chi connectivity index (χ0n) is 13.0. The Labute approximate surface area is 134 Å². The van der Waals surface area contributed by atoms with E-state index >= 15 is 0 Å². The van der Waals surface area contributed by atoms with Gasteiger partial charge in [0.1, 0.15) is 0 Å². The second-order valence-corrected chi connectivity index (χ2v) is 6.30. The molecule has 1 aromatic carbocycles. The summed E-state index contributed by atoms with van der Waals surface area (Å²) in [6, 6.07) is 5.99. The van der Waals surface area contributed by atoms with Crippen LogP contribution in [0.4, 0.5) is 13.2 Å². The second kappa shape index (κ2) is 6.99. The van der Waals surface area contributed by atoms with Crippen molar-refractivity contribution in [2.75, 3.05) is 13.2 Å². The Morgan fingerprint density at radius 3 is 2.39 bits per heavy atom. The van der Waals surface area contributed by atoms with Crippen LogP contribution in [0.1, 0.15) is 37.7 Å². The first-order chi connectivity index (χ1) is 11.0. The van der Waals surface area contributed by atoms with Gasteiger partial charge < -0.3 is 14.8 Å². The highest BCUT2D eigenvalue weighted by molar-refractivity contribution is 5.43. The highest BCUT2D eigenvalue weighted by atomic mass is 19.4. The van der Waals surface area contributed by atoms with E-state index in [1.165, 1.54) is 0 Å².